The Morgan fingerprint density at radius 1 is 1.56 bits per heavy atom. The fourth-order valence-electron chi connectivity index (χ4n) is 1.95. The summed E-state index contributed by atoms with van der Waals surface area (Å²) in [5, 5.41) is 8.91. The Morgan fingerprint density at radius 2 is 2.39 bits per heavy atom. The van der Waals surface area contributed by atoms with E-state index in [0.29, 0.717) is 12.4 Å². The van der Waals surface area contributed by atoms with Crippen LogP contribution in [0.4, 0.5) is 5.82 Å². The van der Waals surface area contributed by atoms with Gasteiger partial charge in [-0.15, -0.1) is 0 Å². The number of hydrogen-bond donors (Lipinski definition) is 1. The molecule has 2 heterocycles. The lowest BCUT2D eigenvalue weighted by Crippen LogP contribution is -2.30. The van der Waals surface area contributed by atoms with Crippen molar-refractivity contribution in [2.24, 2.45) is 0 Å². The van der Waals surface area contributed by atoms with Crippen LogP contribution in [0.25, 0.3) is 0 Å². The minimum absolute atomic E-state index is 0.0826. The van der Waals surface area contributed by atoms with Gasteiger partial charge in [0, 0.05) is 20.2 Å². The number of pyridine rings is 1. The minimum Gasteiger partial charge on any atom is -0.477 e. The molecule has 0 saturated heterocycles. The number of hydrogen-bond acceptors (Lipinski definition) is 4. The van der Waals surface area contributed by atoms with Crippen molar-refractivity contribution in [1.29, 1.82) is 0 Å². The van der Waals surface area contributed by atoms with Crippen LogP contribution in [-0.4, -0.2) is 42.9 Å². The molecule has 1 aliphatic rings. The van der Waals surface area contributed by atoms with Crippen molar-refractivity contribution in [1.82, 2.24) is 4.98 Å². The molecule has 0 fully saturated rings. The minimum atomic E-state index is -0.996. The molecule has 0 bridgehead atoms. The number of carbonyl (C=O) groups is 1. The van der Waals surface area contributed by atoms with Gasteiger partial charge in [0.1, 0.15) is 5.82 Å². The molecule has 0 spiro atoms. The Kier molecular flexibility index (Phi) is 3.94. The normalized spacial score (nSPS) is 15.4. The van der Waals surface area contributed by atoms with E-state index < -0.39 is 5.97 Å². The van der Waals surface area contributed by atoms with Crippen LogP contribution in [0.15, 0.2) is 29.8 Å². The largest absolute Gasteiger partial charge is 0.477 e. The first-order valence-electron chi connectivity index (χ1n) is 5.83. The van der Waals surface area contributed by atoms with Gasteiger partial charge in [0.05, 0.1) is 6.61 Å². The predicted molar refractivity (Wildman–Crippen MR) is 68.0 cm³/mol. The highest BCUT2D eigenvalue weighted by Gasteiger charge is 2.14. The lowest BCUT2D eigenvalue weighted by molar-refractivity contribution is 0.0690. The molecule has 5 heteroatoms. The summed E-state index contributed by atoms with van der Waals surface area (Å²) in [5.41, 5.74) is 1.36. The monoisotopic (exact) mass is 248 g/mol. The molecule has 0 radical (unpaired) electrons. The smallest absolute Gasteiger partial charge is 0.354 e. The Balaban J connectivity index is 2.09. The van der Waals surface area contributed by atoms with Crippen LogP contribution in [0.1, 0.15) is 16.9 Å². The lowest BCUT2D eigenvalue weighted by Gasteiger charge is -2.27. The van der Waals surface area contributed by atoms with Gasteiger partial charge in [0.15, 0.2) is 5.69 Å². The fraction of sp³-hybridized carbons (Fsp3) is 0.385. The first-order valence-corrected chi connectivity index (χ1v) is 5.83. The Morgan fingerprint density at radius 3 is 3.00 bits per heavy atom. The maximum Gasteiger partial charge on any atom is 0.354 e. The number of ether oxygens (including phenoxy) is 1. The highest BCUT2D eigenvalue weighted by atomic mass is 16.5. The van der Waals surface area contributed by atoms with Gasteiger partial charge in [-0.2, -0.15) is 0 Å². The summed E-state index contributed by atoms with van der Waals surface area (Å²) in [4.78, 5) is 17.1. The summed E-state index contributed by atoms with van der Waals surface area (Å²) in [7, 11) is 1.69. The van der Waals surface area contributed by atoms with Crippen LogP contribution in [-0.2, 0) is 4.74 Å². The van der Waals surface area contributed by atoms with E-state index >= 15 is 0 Å². The Bertz CT molecular complexity index is 471. The van der Waals surface area contributed by atoms with Crippen LogP contribution in [0.5, 0.6) is 0 Å². The van der Waals surface area contributed by atoms with E-state index in [1.165, 1.54) is 11.6 Å². The van der Waals surface area contributed by atoms with Gasteiger partial charge in [-0.05, 0) is 24.1 Å². The molecule has 5 nitrogen and oxygen atoms in total. The number of anilines is 1. The molecule has 1 aromatic heterocycles. The summed E-state index contributed by atoms with van der Waals surface area (Å²) in [6.45, 7) is 2.25. The van der Waals surface area contributed by atoms with Crippen molar-refractivity contribution < 1.29 is 14.6 Å². The summed E-state index contributed by atoms with van der Waals surface area (Å²) < 4.78 is 5.09. The van der Waals surface area contributed by atoms with Gasteiger partial charge in [-0.1, -0.05) is 12.1 Å². The maximum absolute atomic E-state index is 10.9. The fourth-order valence-corrected chi connectivity index (χ4v) is 1.95. The van der Waals surface area contributed by atoms with E-state index in [0.717, 1.165) is 19.5 Å². The Labute approximate surface area is 106 Å². The number of carboxylic acid groups (broad SMARTS) is 1. The van der Waals surface area contributed by atoms with Crippen molar-refractivity contribution in [3.8, 4) is 0 Å². The molecule has 0 saturated carbocycles. The van der Waals surface area contributed by atoms with Gasteiger partial charge in [-0.25, -0.2) is 9.78 Å². The third-order valence-electron chi connectivity index (χ3n) is 2.91. The molecule has 2 rings (SSSR count). The van der Waals surface area contributed by atoms with Crippen LogP contribution < -0.4 is 4.90 Å². The second kappa shape index (κ2) is 5.64. The van der Waals surface area contributed by atoms with Crippen molar-refractivity contribution in [3.05, 3.63) is 35.5 Å². The third-order valence-corrected chi connectivity index (χ3v) is 2.91. The number of aromatic carboxylic acids is 1. The summed E-state index contributed by atoms with van der Waals surface area (Å²) in [6.07, 6.45) is 3.04. The number of carboxylic acids is 1. The number of nitrogens with zero attached hydrogens (tertiary/aromatic N) is 2. The molecule has 0 aliphatic carbocycles. The van der Waals surface area contributed by atoms with E-state index in [1.54, 1.807) is 13.2 Å². The van der Waals surface area contributed by atoms with Crippen LogP contribution in [0.2, 0.25) is 0 Å². The molecular weight excluding hydrogens is 232 g/mol. The SMILES string of the molecule is COCC1=CCN(c2cccc(C(=O)O)n2)CC1. The topological polar surface area (TPSA) is 62.7 Å². The molecule has 18 heavy (non-hydrogen) atoms. The zero-order valence-electron chi connectivity index (χ0n) is 10.3. The number of methoxy groups -OCH3 is 1. The highest BCUT2D eigenvalue weighted by Crippen LogP contribution is 2.18. The lowest BCUT2D eigenvalue weighted by atomic mass is 10.1. The maximum atomic E-state index is 10.9. The predicted octanol–water partition coefficient (Wildman–Crippen LogP) is 1.56. The second-order valence-corrected chi connectivity index (χ2v) is 4.18. The molecule has 1 N–H and O–H groups in total. The average Bonchev–Trinajstić information content (AvgIpc) is 2.40. The van der Waals surface area contributed by atoms with Crippen molar-refractivity contribution in [3.63, 3.8) is 0 Å². The van der Waals surface area contributed by atoms with Gasteiger partial charge in [-0.3, -0.25) is 0 Å². The third kappa shape index (κ3) is 2.87. The van der Waals surface area contributed by atoms with Gasteiger partial charge in [0.2, 0.25) is 0 Å². The number of aromatic nitrogens is 1. The number of rotatable bonds is 4. The van der Waals surface area contributed by atoms with Crippen molar-refractivity contribution in [2.75, 3.05) is 31.7 Å². The van der Waals surface area contributed by atoms with E-state index in [4.69, 9.17) is 9.84 Å². The van der Waals surface area contributed by atoms with Gasteiger partial charge >= 0.3 is 5.97 Å². The summed E-state index contributed by atoms with van der Waals surface area (Å²) in [6, 6.07) is 5.06. The molecule has 1 aromatic rings. The molecule has 96 valence electrons. The van der Waals surface area contributed by atoms with Crippen LogP contribution in [0.3, 0.4) is 0 Å². The zero-order valence-corrected chi connectivity index (χ0v) is 10.3. The standard InChI is InChI=1S/C13H16N2O3/c1-18-9-10-5-7-15(8-6-10)12-4-2-3-11(14-12)13(16)17/h2-5H,6-9H2,1H3,(H,16,17). The zero-order chi connectivity index (χ0) is 13.0. The molecule has 1 aliphatic heterocycles. The first-order chi connectivity index (χ1) is 8.70. The summed E-state index contributed by atoms with van der Waals surface area (Å²) >= 11 is 0. The molecular formula is C13H16N2O3. The Hall–Kier alpha value is -1.88. The van der Waals surface area contributed by atoms with Gasteiger partial charge in [0.25, 0.3) is 0 Å². The van der Waals surface area contributed by atoms with Crippen molar-refractivity contribution in [2.45, 2.75) is 6.42 Å². The molecule has 0 unspecified atom stereocenters. The molecule has 0 amide bonds. The van der Waals surface area contributed by atoms with E-state index in [1.807, 2.05) is 6.07 Å². The first kappa shape index (κ1) is 12.6. The van der Waals surface area contributed by atoms with Crippen LogP contribution in [0, 0.1) is 0 Å². The van der Waals surface area contributed by atoms with E-state index in [2.05, 4.69) is 16.0 Å². The second-order valence-electron chi connectivity index (χ2n) is 4.18. The van der Waals surface area contributed by atoms with E-state index in [9.17, 15) is 4.79 Å². The summed E-state index contributed by atoms with van der Waals surface area (Å²) in [5.74, 6) is -0.285. The van der Waals surface area contributed by atoms with Crippen LogP contribution >= 0.6 is 0 Å². The van der Waals surface area contributed by atoms with Gasteiger partial charge < -0.3 is 14.7 Å². The molecule has 0 atom stereocenters. The van der Waals surface area contributed by atoms with E-state index in [-0.39, 0.29) is 5.69 Å². The molecule has 0 aromatic carbocycles. The van der Waals surface area contributed by atoms with Crippen molar-refractivity contribution >= 4 is 11.8 Å². The highest BCUT2D eigenvalue weighted by molar-refractivity contribution is 5.85. The average molecular weight is 248 g/mol. The quantitative estimate of drug-likeness (QED) is 0.819.